The molecule has 0 aromatic rings. The van der Waals surface area contributed by atoms with E-state index < -0.39 is 0 Å². The molecule has 6 heavy (non-hydrogen) atoms. The van der Waals surface area contributed by atoms with Crippen LogP contribution in [0.25, 0.3) is 0 Å². The molecule has 0 saturated carbocycles. The van der Waals surface area contributed by atoms with Gasteiger partial charge in [-0.05, 0) is 0 Å². The second-order valence-electron chi connectivity index (χ2n) is 0. The van der Waals surface area contributed by atoms with E-state index in [-0.39, 0.29) is 0 Å². The fourth-order valence-corrected chi connectivity index (χ4v) is 0. The van der Waals surface area contributed by atoms with Crippen molar-refractivity contribution in [2.45, 2.75) is 0 Å². The minimum atomic E-state index is 1.38. The van der Waals surface area contributed by atoms with Crippen LogP contribution in [0.1, 0.15) is 0 Å². The normalized spacial score (nSPS) is 2.50. The van der Waals surface area contributed by atoms with E-state index in [1.807, 2.05) is 0 Å². The van der Waals surface area contributed by atoms with Crippen molar-refractivity contribution in [2.75, 3.05) is 0 Å². The molecular formula is CoCrNiO3. The van der Waals surface area contributed by atoms with Crippen molar-refractivity contribution in [1.82, 2.24) is 0 Å². The van der Waals surface area contributed by atoms with Crippen LogP contribution < -0.4 is 0 Å². The Morgan fingerprint density at radius 3 is 1.17 bits per heavy atom. The van der Waals surface area contributed by atoms with Crippen molar-refractivity contribution < 1.29 is 58.8 Å². The third kappa shape index (κ3) is 87.7. The molecule has 0 bridgehead atoms. The topological polar surface area (TPSA) is 51.2 Å². The van der Waals surface area contributed by atoms with Gasteiger partial charge in [0.15, 0.2) is 0 Å². The van der Waals surface area contributed by atoms with E-state index in [1.165, 1.54) is 16.2 Å². The predicted molar refractivity (Wildman–Crippen MR) is 2.06 cm³/mol. The SMILES string of the molecule is [O]=[Co].[O]=[Cr].[O]=[Ni]. The number of hydrogen-bond donors (Lipinski definition) is 0. The van der Waals surface area contributed by atoms with Gasteiger partial charge in [-0.25, -0.2) is 0 Å². The summed E-state index contributed by atoms with van der Waals surface area (Å²) in [4.78, 5) is 0. The van der Waals surface area contributed by atoms with Crippen LogP contribution in [0, 0.1) is 0 Å². The fourth-order valence-electron chi connectivity index (χ4n) is 0. The van der Waals surface area contributed by atoms with Gasteiger partial charge in [0.2, 0.25) is 0 Å². The third-order valence-electron chi connectivity index (χ3n) is 0. The molecule has 0 heterocycles. The average Bonchev–Trinajstić information content (AvgIpc) is 1.81. The van der Waals surface area contributed by atoms with Gasteiger partial charge in [-0.15, -0.1) is 0 Å². The minimum absolute atomic E-state index is 1.38. The van der Waals surface area contributed by atoms with E-state index in [9.17, 15) is 0 Å². The molecule has 0 rings (SSSR count). The summed E-state index contributed by atoms with van der Waals surface area (Å²) >= 11 is 6.31. The first-order valence-electron chi connectivity index (χ1n) is 0.432. The van der Waals surface area contributed by atoms with E-state index in [0.29, 0.717) is 0 Å². The van der Waals surface area contributed by atoms with Crippen LogP contribution in [-0.2, 0) is 58.8 Å². The Kier molecular flexibility index (Phi) is 436. The molecule has 0 spiro atoms. The summed E-state index contributed by atoms with van der Waals surface area (Å²) < 4.78 is 23.9. The molecule has 0 aromatic heterocycles. The van der Waals surface area contributed by atoms with Gasteiger partial charge in [0.1, 0.15) is 0 Å². The van der Waals surface area contributed by atoms with Crippen molar-refractivity contribution in [3.05, 3.63) is 0 Å². The molecule has 0 amide bonds. The second kappa shape index (κ2) is 166. The summed E-state index contributed by atoms with van der Waals surface area (Å²) in [5.74, 6) is 0. The fraction of sp³-hybridized carbons (Fsp3) is 0. The molecule has 3 nitrogen and oxygen atoms in total. The van der Waals surface area contributed by atoms with Crippen LogP contribution >= 0.6 is 0 Å². The quantitative estimate of drug-likeness (QED) is 0.521. The van der Waals surface area contributed by atoms with Crippen molar-refractivity contribution in [1.29, 1.82) is 0 Å². The standard InChI is InChI=1S/Co.Cr.Ni.3O. The summed E-state index contributed by atoms with van der Waals surface area (Å²) in [6.45, 7) is 0. The van der Waals surface area contributed by atoms with E-state index in [1.54, 1.807) is 0 Å². The molecule has 6 heteroatoms. The van der Waals surface area contributed by atoms with Crippen molar-refractivity contribution >= 4 is 0 Å². The van der Waals surface area contributed by atoms with E-state index in [2.05, 4.69) is 31.1 Å². The van der Waals surface area contributed by atoms with Crippen molar-refractivity contribution in [3.63, 3.8) is 0 Å². The van der Waals surface area contributed by atoms with Gasteiger partial charge < -0.3 is 0 Å². The molecular weight excluding hydrogens is 218 g/mol. The molecule has 0 aliphatic rings. The van der Waals surface area contributed by atoms with Crippen LogP contribution in [0.5, 0.6) is 0 Å². The Morgan fingerprint density at radius 1 is 1.17 bits per heavy atom. The summed E-state index contributed by atoms with van der Waals surface area (Å²) in [6.07, 6.45) is 0. The maximum atomic E-state index is 8.12. The van der Waals surface area contributed by atoms with Gasteiger partial charge >= 0.3 is 58.8 Å². The Morgan fingerprint density at radius 2 is 1.17 bits per heavy atom. The van der Waals surface area contributed by atoms with Gasteiger partial charge in [-0.2, -0.15) is 0 Å². The van der Waals surface area contributed by atoms with Crippen molar-refractivity contribution in [3.8, 4) is 0 Å². The molecule has 0 aliphatic carbocycles. The Hall–Kier alpha value is 0.932. The summed E-state index contributed by atoms with van der Waals surface area (Å²) in [7, 11) is 0. The van der Waals surface area contributed by atoms with Crippen molar-refractivity contribution in [2.24, 2.45) is 0 Å². The molecule has 0 aliphatic heterocycles. The van der Waals surface area contributed by atoms with E-state index >= 15 is 0 Å². The van der Waals surface area contributed by atoms with Crippen LogP contribution in [0.2, 0.25) is 0 Å². The number of hydrogen-bond acceptors (Lipinski definition) is 3. The summed E-state index contributed by atoms with van der Waals surface area (Å²) in [5, 5.41) is 0. The molecule has 0 unspecified atom stereocenters. The zero-order valence-corrected chi connectivity index (χ0v) is 5.59. The Bertz CT molecular complexity index is 15.5. The third-order valence-corrected chi connectivity index (χ3v) is 0. The average molecular weight is 218 g/mol. The van der Waals surface area contributed by atoms with Gasteiger partial charge in [-0.1, -0.05) is 0 Å². The van der Waals surface area contributed by atoms with E-state index in [4.69, 9.17) is 11.6 Å². The Balaban J connectivity index is -0.0000000225. The maximum absolute atomic E-state index is 8.12. The summed E-state index contributed by atoms with van der Waals surface area (Å²) in [5.41, 5.74) is 0. The van der Waals surface area contributed by atoms with Crippen LogP contribution in [0.3, 0.4) is 0 Å². The molecule has 0 fully saturated rings. The molecule has 43 valence electrons. The zero-order valence-electron chi connectivity index (χ0n) is 2.28. The predicted octanol–water partition coefficient (Wildman–Crippen LogP) is -0.364. The second-order valence-corrected chi connectivity index (χ2v) is 0. The van der Waals surface area contributed by atoms with Gasteiger partial charge in [0.05, 0.1) is 0 Å². The van der Waals surface area contributed by atoms with Crippen LogP contribution in [-0.4, -0.2) is 0 Å². The first-order chi connectivity index (χ1) is 3.00. The van der Waals surface area contributed by atoms with Crippen LogP contribution in [0.15, 0.2) is 0 Å². The van der Waals surface area contributed by atoms with Gasteiger partial charge in [0.25, 0.3) is 0 Å². The first kappa shape index (κ1) is 15.8. The zero-order chi connectivity index (χ0) is 6.00. The Labute approximate surface area is 58.8 Å². The van der Waals surface area contributed by atoms with Gasteiger partial charge in [-0.3, -0.25) is 0 Å². The monoisotopic (exact) mass is 217 g/mol. The van der Waals surface area contributed by atoms with Gasteiger partial charge in [0, 0.05) is 0 Å². The molecule has 0 radical (unpaired) electrons. The molecule has 0 aromatic carbocycles. The number of rotatable bonds is 0. The van der Waals surface area contributed by atoms with Crippen LogP contribution in [0.4, 0.5) is 0 Å². The molecule has 0 saturated heterocycles. The summed E-state index contributed by atoms with van der Waals surface area (Å²) in [6, 6.07) is 0. The van der Waals surface area contributed by atoms with E-state index in [0.717, 1.165) is 0 Å². The first-order valence-corrected chi connectivity index (χ1v) is 1.78. The molecule has 0 N–H and O–H groups in total. The molecule has 0 atom stereocenters.